The van der Waals surface area contributed by atoms with Gasteiger partial charge in [0, 0.05) is 13.2 Å². The highest BCUT2D eigenvalue weighted by Gasteiger charge is 1.94. The minimum absolute atomic E-state index is 0.125. The van der Waals surface area contributed by atoms with E-state index in [4.69, 9.17) is 24.4 Å². The lowest BCUT2D eigenvalue weighted by Gasteiger charge is -2.09. The molecule has 1 aliphatic rings. The Labute approximate surface area is 117 Å². The van der Waals surface area contributed by atoms with E-state index in [0.717, 1.165) is 39.6 Å². The molecule has 0 aliphatic carbocycles. The summed E-state index contributed by atoms with van der Waals surface area (Å²) in [5, 5.41) is 15.2. The van der Waals surface area contributed by atoms with Crippen LogP contribution >= 0.6 is 0 Å². The van der Waals surface area contributed by atoms with Crippen molar-refractivity contribution in [3.63, 3.8) is 0 Å². The predicted molar refractivity (Wildman–Crippen MR) is 76.4 cm³/mol. The summed E-state index contributed by atoms with van der Waals surface area (Å²) >= 11 is 0. The van der Waals surface area contributed by atoms with Crippen molar-refractivity contribution >= 4 is 0 Å². The molecule has 0 saturated carbocycles. The Morgan fingerprint density at radius 1 is 0.789 bits per heavy atom. The van der Waals surface area contributed by atoms with Gasteiger partial charge in [0.05, 0.1) is 39.6 Å². The van der Waals surface area contributed by atoms with Gasteiger partial charge in [-0.3, -0.25) is 0 Å². The van der Waals surface area contributed by atoms with Gasteiger partial charge in [-0.25, -0.2) is 0 Å². The Hall–Kier alpha value is -0.200. The van der Waals surface area contributed by atoms with Crippen LogP contribution in [0.5, 0.6) is 0 Å². The van der Waals surface area contributed by atoms with Gasteiger partial charge in [0.2, 0.25) is 0 Å². The molecule has 0 aromatic carbocycles. The van der Waals surface area contributed by atoms with E-state index in [9.17, 15) is 0 Å². The van der Waals surface area contributed by atoms with Crippen LogP contribution in [0.2, 0.25) is 0 Å². The van der Waals surface area contributed by atoms with Crippen LogP contribution in [0.1, 0.15) is 39.5 Å². The number of aliphatic hydroxyl groups is 2. The molecule has 1 heterocycles. The first-order chi connectivity index (χ1) is 9.33. The molecule has 5 nitrogen and oxygen atoms in total. The highest BCUT2D eigenvalue weighted by molar-refractivity contribution is 4.37. The van der Waals surface area contributed by atoms with Crippen molar-refractivity contribution < 1.29 is 24.4 Å². The van der Waals surface area contributed by atoms with E-state index in [-0.39, 0.29) is 13.2 Å². The number of ether oxygens (including phenoxy) is 3. The summed E-state index contributed by atoms with van der Waals surface area (Å²) < 4.78 is 15.2. The standard InChI is InChI=1S/C8H18O.C4H8O2.C2H6O2/c1-3-5-7-9-8-6-4-2;1-2-6-4-3-5-1;3-1-2-4/h3-8H2,1-2H3;1-4H2;3-4H,1-2H2. The van der Waals surface area contributed by atoms with E-state index in [1.54, 1.807) is 0 Å². The highest BCUT2D eigenvalue weighted by atomic mass is 16.6. The molecule has 0 radical (unpaired) electrons. The Bertz CT molecular complexity index is 109. The van der Waals surface area contributed by atoms with Crippen LogP contribution in [0.15, 0.2) is 0 Å². The number of unbranched alkanes of at least 4 members (excludes halogenated alkanes) is 2. The molecule has 0 unspecified atom stereocenters. The average molecular weight is 280 g/mol. The van der Waals surface area contributed by atoms with Gasteiger partial charge in [0.15, 0.2) is 0 Å². The maximum Gasteiger partial charge on any atom is 0.0701 e. The SMILES string of the molecule is C1COCCO1.CCCCOCCCC.OCCO. The smallest absolute Gasteiger partial charge is 0.0701 e. The molecule has 0 aromatic rings. The lowest BCUT2D eigenvalue weighted by molar-refractivity contribution is -0.0334. The second-order valence-electron chi connectivity index (χ2n) is 3.99. The lowest BCUT2D eigenvalue weighted by atomic mass is 10.3. The van der Waals surface area contributed by atoms with Crippen molar-refractivity contribution in [1.29, 1.82) is 0 Å². The Kier molecular flexibility index (Phi) is 25.5. The maximum atomic E-state index is 7.62. The van der Waals surface area contributed by atoms with Crippen LogP contribution in [-0.4, -0.2) is 63.1 Å². The van der Waals surface area contributed by atoms with E-state index in [2.05, 4.69) is 13.8 Å². The summed E-state index contributed by atoms with van der Waals surface area (Å²) in [5.74, 6) is 0. The molecule has 19 heavy (non-hydrogen) atoms. The second kappa shape index (κ2) is 22.9. The van der Waals surface area contributed by atoms with Crippen LogP contribution in [0.4, 0.5) is 0 Å². The molecule has 1 fully saturated rings. The summed E-state index contributed by atoms with van der Waals surface area (Å²) in [6, 6.07) is 0. The van der Waals surface area contributed by atoms with Crippen LogP contribution < -0.4 is 0 Å². The molecule has 118 valence electrons. The normalized spacial score (nSPS) is 13.9. The molecule has 0 amide bonds. The maximum absolute atomic E-state index is 7.62. The third-order valence-electron chi connectivity index (χ3n) is 2.13. The van der Waals surface area contributed by atoms with Crippen LogP contribution in [0, 0.1) is 0 Å². The summed E-state index contributed by atoms with van der Waals surface area (Å²) in [6.45, 7) is 9.14. The predicted octanol–water partition coefficient (Wildman–Crippen LogP) is 1.61. The van der Waals surface area contributed by atoms with Crippen molar-refractivity contribution in [2.45, 2.75) is 39.5 Å². The van der Waals surface area contributed by atoms with E-state index >= 15 is 0 Å². The molecule has 5 heteroatoms. The number of rotatable bonds is 7. The van der Waals surface area contributed by atoms with E-state index in [0.29, 0.717) is 0 Å². The van der Waals surface area contributed by atoms with Gasteiger partial charge in [-0.15, -0.1) is 0 Å². The first kappa shape index (κ1) is 21.1. The van der Waals surface area contributed by atoms with Gasteiger partial charge in [0.25, 0.3) is 0 Å². The third-order valence-corrected chi connectivity index (χ3v) is 2.13. The second-order valence-corrected chi connectivity index (χ2v) is 3.99. The minimum Gasteiger partial charge on any atom is -0.394 e. The molecule has 2 N–H and O–H groups in total. The topological polar surface area (TPSA) is 68.2 Å². The van der Waals surface area contributed by atoms with Crippen molar-refractivity contribution in [3.8, 4) is 0 Å². The molecule has 1 saturated heterocycles. The molecular weight excluding hydrogens is 248 g/mol. The van der Waals surface area contributed by atoms with E-state index in [1.165, 1.54) is 25.7 Å². The summed E-state index contributed by atoms with van der Waals surface area (Å²) in [7, 11) is 0. The lowest BCUT2D eigenvalue weighted by Crippen LogP contribution is -2.16. The van der Waals surface area contributed by atoms with Crippen molar-refractivity contribution in [1.82, 2.24) is 0 Å². The van der Waals surface area contributed by atoms with E-state index in [1.807, 2.05) is 0 Å². The van der Waals surface area contributed by atoms with Gasteiger partial charge in [-0.1, -0.05) is 26.7 Å². The zero-order valence-corrected chi connectivity index (χ0v) is 12.6. The third kappa shape index (κ3) is 27.1. The molecular formula is C14H32O5. The van der Waals surface area contributed by atoms with Crippen LogP contribution in [-0.2, 0) is 14.2 Å². The summed E-state index contributed by atoms with van der Waals surface area (Å²) in [6.07, 6.45) is 4.91. The summed E-state index contributed by atoms with van der Waals surface area (Å²) in [4.78, 5) is 0. The van der Waals surface area contributed by atoms with Gasteiger partial charge in [-0.2, -0.15) is 0 Å². The number of hydrogen-bond acceptors (Lipinski definition) is 5. The molecule has 1 aliphatic heterocycles. The quantitative estimate of drug-likeness (QED) is 0.693. The first-order valence-corrected chi connectivity index (χ1v) is 7.28. The van der Waals surface area contributed by atoms with Crippen molar-refractivity contribution in [2.75, 3.05) is 52.9 Å². The Morgan fingerprint density at radius 2 is 1.16 bits per heavy atom. The minimum atomic E-state index is -0.125. The Morgan fingerprint density at radius 3 is 1.37 bits per heavy atom. The van der Waals surface area contributed by atoms with Gasteiger partial charge < -0.3 is 24.4 Å². The van der Waals surface area contributed by atoms with Crippen molar-refractivity contribution in [3.05, 3.63) is 0 Å². The Balaban J connectivity index is 0. The van der Waals surface area contributed by atoms with Crippen LogP contribution in [0.3, 0.4) is 0 Å². The van der Waals surface area contributed by atoms with Crippen molar-refractivity contribution in [2.24, 2.45) is 0 Å². The molecule has 0 aromatic heterocycles. The molecule has 0 bridgehead atoms. The number of hydrogen-bond donors (Lipinski definition) is 2. The first-order valence-electron chi connectivity index (χ1n) is 7.28. The average Bonchev–Trinajstić information content (AvgIpc) is 2.50. The zero-order valence-electron chi connectivity index (χ0n) is 12.6. The fourth-order valence-corrected chi connectivity index (χ4v) is 1.03. The monoisotopic (exact) mass is 280 g/mol. The fraction of sp³-hybridized carbons (Fsp3) is 1.00. The fourth-order valence-electron chi connectivity index (χ4n) is 1.03. The summed E-state index contributed by atoms with van der Waals surface area (Å²) in [5.41, 5.74) is 0. The van der Waals surface area contributed by atoms with Gasteiger partial charge >= 0.3 is 0 Å². The molecule has 1 rings (SSSR count). The largest absolute Gasteiger partial charge is 0.394 e. The molecule has 0 atom stereocenters. The van der Waals surface area contributed by atoms with Gasteiger partial charge in [0.1, 0.15) is 0 Å². The van der Waals surface area contributed by atoms with Crippen LogP contribution in [0.25, 0.3) is 0 Å². The van der Waals surface area contributed by atoms with Gasteiger partial charge in [-0.05, 0) is 12.8 Å². The zero-order chi connectivity index (χ0) is 14.6. The number of aliphatic hydroxyl groups excluding tert-OH is 2. The van der Waals surface area contributed by atoms with E-state index < -0.39 is 0 Å². The molecule has 0 spiro atoms. The highest BCUT2D eigenvalue weighted by Crippen LogP contribution is 1.91.